The number of ether oxygens (including phenoxy) is 1. The van der Waals surface area contributed by atoms with Crippen LogP contribution in [-0.2, 0) is 14.3 Å². The maximum Gasteiger partial charge on any atom is 0.306 e. The maximum absolute atomic E-state index is 13.1. The Morgan fingerprint density at radius 3 is 2.61 bits per heavy atom. The van der Waals surface area contributed by atoms with E-state index in [1.165, 1.54) is 12.1 Å². The number of esters is 1. The number of amides is 1. The molecule has 0 saturated carbocycles. The first kappa shape index (κ1) is 14.2. The van der Waals surface area contributed by atoms with Gasteiger partial charge in [-0.3, -0.25) is 9.59 Å². The van der Waals surface area contributed by atoms with E-state index in [1.807, 2.05) is 0 Å². The molecule has 0 atom stereocenters. The molecule has 0 aliphatic heterocycles. The van der Waals surface area contributed by atoms with Gasteiger partial charge in [-0.2, -0.15) is 0 Å². The lowest BCUT2D eigenvalue weighted by Gasteiger charge is -2.06. The van der Waals surface area contributed by atoms with Crippen LogP contribution in [0.2, 0.25) is 0 Å². The topological polar surface area (TPSA) is 55.4 Å². The van der Waals surface area contributed by atoms with Gasteiger partial charge in [-0.1, -0.05) is 0 Å². The lowest BCUT2D eigenvalue weighted by atomic mass is 10.2. The van der Waals surface area contributed by atoms with E-state index in [0.717, 1.165) is 5.56 Å². The predicted octanol–water partition coefficient (Wildman–Crippen LogP) is 2.42. The molecule has 4 nitrogen and oxygen atoms in total. The fourth-order valence-corrected chi connectivity index (χ4v) is 1.48. The van der Waals surface area contributed by atoms with Gasteiger partial charge in [-0.15, -0.1) is 0 Å². The van der Waals surface area contributed by atoms with Crippen LogP contribution in [0.3, 0.4) is 0 Å². The minimum absolute atomic E-state index is 0.0218. The standard InChI is InChI=1S/C13H16FNO3/c1-3-18-13(17)5-4-12(16)15-11-7-9(2)6-10(14)8-11/h6-8H,3-5H2,1-2H3,(H,15,16). The quantitative estimate of drug-likeness (QED) is 0.820. The van der Waals surface area contributed by atoms with E-state index in [-0.39, 0.29) is 18.7 Å². The number of carbonyl (C=O) groups is 2. The van der Waals surface area contributed by atoms with Gasteiger partial charge < -0.3 is 10.1 Å². The van der Waals surface area contributed by atoms with Crippen LogP contribution in [0.4, 0.5) is 10.1 Å². The molecule has 0 radical (unpaired) electrons. The summed E-state index contributed by atoms with van der Waals surface area (Å²) < 4.78 is 17.8. The molecule has 5 heteroatoms. The third kappa shape index (κ3) is 4.95. The second-order valence-electron chi connectivity index (χ2n) is 3.87. The number of anilines is 1. The lowest BCUT2D eigenvalue weighted by Crippen LogP contribution is -2.14. The summed E-state index contributed by atoms with van der Waals surface area (Å²) in [4.78, 5) is 22.5. The molecule has 1 aromatic carbocycles. The van der Waals surface area contributed by atoms with E-state index < -0.39 is 11.8 Å². The third-order valence-electron chi connectivity index (χ3n) is 2.19. The monoisotopic (exact) mass is 253 g/mol. The molecular weight excluding hydrogens is 237 g/mol. The predicted molar refractivity (Wildman–Crippen MR) is 65.6 cm³/mol. The van der Waals surface area contributed by atoms with Gasteiger partial charge in [0, 0.05) is 12.1 Å². The number of aryl methyl sites for hydroxylation is 1. The summed E-state index contributed by atoms with van der Waals surface area (Å²) >= 11 is 0. The molecule has 1 N–H and O–H groups in total. The van der Waals surface area contributed by atoms with Gasteiger partial charge in [0.25, 0.3) is 0 Å². The van der Waals surface area contributed by atoms with Gasteiger partial charge in [0.2, 0.25) is 5.91 Å². The highest BCUT2D eigenvalue weighted by Crippen LogP contribution is 2.13. The number of carbonyl (C=O) groups excluding carboxylic acids is 2. The van der Waals surface area contributed by atoms with E-state index in [9.17, 15) is 14.0 Å². The first-order valence-corrected chi connectivity index (χ1v) is 5.74. The molecule has 0 unspecified atom stereocenters. The van der Waals surface area contributed by atoms with Crippen LogP contribution in [-0.4, -0.2) is 18.5 Å². The van der Waals surface area contributed by atoms with Crippen LogP contribution < -0.4 is 5.32 Å². The van der Waals surface area contributed by atoms with Crippen LogP contribution in [0.15, 0.2) is 18.2 Å². The van der Waals surface area contributed by atoms with E-state index >= 15 is 0 Å². The summed E-state index contributed by atoms with van der Waals surface area (Å²) in [6, 6.07) is 4.26. The Kier molecular flexibility index (Phi) is 5.30. The molecule has 0 bridgehead atoms. The fourth-order valence-electron chi connectivity index (χ4n) is 1.48. The summed E-state index contributed by atoms with van der Waals surface area (Å²) in [5.74, 6) is -1.16. The highest BCUT2D eigenvalue weighted by Gasteiger charge is 2.08. The average molecular weight is 253 g/mol. The Hall–Kier alpha value is -1.91. The summed E-state index contributed by atoms with van der Waals surface area (Å²) in [6.07, 6.45) is 0.0440. The van der Waals surface area contributed by atoms with Gasteiger partial charge in [0.15, 0.2) is 0 Å². The van der Waals surface area contributed by atoms with Crippen molar-refractivity contribution in [3.05, 3.63) is 29.6 Å². The van der Waals surface area contributed by atoms with Crippen molar-refractivity contribution < 1.29 is 18.7 Å². The van der Waals surface area contributed by atoms with Crippen LogP contribution in [0, 0.1) is 12.7 Å². The van der Waals surface area contributed by atoms with E-state index in [2.05, 4.69) is 5.32 Å². The van der Waals surface area contributed by atoms with Crippen molar-refractivity contribution in [3.63, 3.8) is 0 Å². The summed E-state index contributed by atoms with van der Waals surface area (Å²) in [7, 11) is 0. The maximum atomic E-state index is 13.1. The highest BCUT2D eigenvalue weighted by atomic mass is 19.1. The number of nitrogens with one attached hydrogen (secondary N) is 1. The van der Waals surface area contributed by atoms with Crippen molar-refractivity contribution in [2.24, 2.45) is 0 Å². The summed E-state index contributed by atoms with van der Waals surface area (Å²) in [6.45, 7) is 3.73. The summed E-state index contributed by atoms with van der Waals surface area (Å²) in [5.41, 5.74) is 1.11. The lowest BCUT2D eigenvalue weighted by molar-refractivity contribution is -0.144. The normalized spacial score (nSPS) is 9.94. The van der Waals surface area contributed by atoms with Crippen LogP contribution in [0.1, 0.15) is 25.3 Å². The molecule has 0 aliphatic carbocycles. The molecular formula is C13H16FNO3. The molecule has 0 saturated heterocycles. The highest BCUT2D eigenvalue weighted by molar-refractivity contribution is 5.92. The van der Waals surface area contributed by atoms with E-state index in [1.54, 1.807) is 19.9 Å². The van der Waals surface area contributed by atoms with Gasteiger partial charge in [0.05, 0.1) is 13.0 Å². The van der Waals surface area contributed by atoms with Crippen molar-refractivity contribution in [3.8, 4) is 0 Å². The molecule has 0 aliphatic rings. The minimum atomic E-state index is -0.414. The van der Waals surface area contributed by atoms with E-state index in [4.69, 9.17) is 4.74 Å². The largest absolute Gasteiger partial charge is 0.466 e. The van der Waals surface area contributed by atoms with Gasteiger partial charge >= 0.3 is 5.97 Å². The Morgan fingerprint density at radius 2 is 2.00 bits per heavy atom. The second-order valence-corrected chi connectivity index (χ2v) is 3.87. The number of hydrogen-bond donors (Lipinski definition) is 1. The molecule has 1 amide bonds. The fraction of sp³-hybridized carbons (Fsp3) is 0.385. The van der Waals surface area contributed by atoms with Crippen LogP contribution in [0.25, 0.3) is 0 Å². The molecule has 1 aromatic rings. The van der Waals surface area contributed by atoms with Crippen molar-refractivity contribution in [1.82, 2.24) is 0 Å². The summed E-state index contributed by atoms with van der Waals surface area (Å²) in [5, 5.41) is 2.53. The Labute approximate surface area is 105 Å². The van der Waals surface area contributed by atoms with E-state index in [0.29, 0.717) is 12.3 Å². The molecule has 18 heavy (non-hydrogen) atoms. The van der Waals surface area contributed by atoms with Crippen LogP contribution in [0.5, 0.6) is 0 Å². The minimum Gasteiger partial charge on any atom is -0.466 e. The number of halogens is 1. The smallest absolute Gasteiger partial charge is 0.306 e. The van der Waals surface area contributed by atoms with Gasteiger partial charge in [0.1, 0.15) is 5.82 Å². The SMILES string of the molecule is CCOC(=O)CCC(=O)Nc1cc(C)cc(F)c1. The number of rotatable bonds is 5. The Bertz CT molecular complexity index is 426. The van der Waals surface area contributed by atoms with Crippen LogP contribution >= 0.6 is 0 Å². The zero-order valence-corrected chi connectivity index (χ0v) is 10.5. The van der Waals surface area contributed by atoms with Crippen molar-refractivity contribution in [2.75, 3.05) is 11.9 Å². The second kappa shape index (κ2) is 6.74. The third-order valence-corrected chi connectivity index (χ3v) is 2.19. The molecule has 0 heterocycles. The first-order valence-electron chi connectivity index (χ1n) is 5.74. The van der Waals surface area contributed by atoms with Crippen molar-refractivity contribution >= 4 is 17.6 Å². The Balaban J connectivity index is 2.47. The molecule has 1 rings (SSSR count). The number of hydrogen-bond acceptors (Lipinski definition) is 3. The molecule has 0 aromatic heterocycles. The first-order chi connectivity index (χ1) is 8.51. The zero-order valence-electron chi connectivity index (χ0n) is 10.5. The average Bonchev–Trinajstić information content (AvgIpc) is 2.25. The molecule has 98 valence electrons. The van der Waals surface area contributed by atoms with Crippen molar-refractivity contribution in [1.29, 1.82) is 0 Å². The Morgan fingerprint density at radius 1 is 1.28 bits per heavy atom. The van der Waals surface area contributed by atoms with Crippen molar-refractivity contribution in [2.45, 2.75) is 26.7 Å². The van der Waals surface area contributed by atoms with Gasteiger partial charge in [-0.05, 0) is 37.6 Å². The number of benzene rings is 1. The van der Waals surface area contributed by atoms with Gasteiger partial charge in [-0.25, -0.2) is 4.39 Å². The molecule has 0 fully saturated rings. The molecule has 0 spiro atoms. The zero-order chi connectivity index (χ0) is 13.5.